The molecule has 0 aromatic heterocycles. The van der Waals surface area contributed by atoms with Gasteiger partial charge in [0.25, 0.3) is 0 Å². The van der Waals surface area contributed by atoms with E-state index in [1.165, 1.54) is 6.08 Å². The Morgan fingerprint density at radius 2 is 2.06 bits per heavy atom. The van der Waals surface area contributed by atoms with Gasteiger partial charge >= 0.3 is 29.6 Å². The van der Waals surface area contributed by atoms with Crippen molar-refractivity contribution in [3.8, 4) is 0 Å². The van der Waals surface area contributed by atoms with Crippen LogP contribution >= 0.6 is 0 Å². The third-order valence-corrected chi connectivity index (χ3v) is 2.31. The first kappa shape index (κ1) is 19.7. The van der Waals surface area contributed by atoms with Gasteiger partial charge in [0.2, 0.25) is 0 Å². The molecule has 1 aromatic carbocycles. The van der Waals surface area contributed by atoms with Gasteiger partial charge in [-0.1, -0.05) is 37.6 Å². The molecular weight excluding hydrogens is 243 g/mol. The maximum Gasteiger partial charge on any atom is 1.00 e. The van der Waals surface area contributed by atoms with Crippen molar-refractivity contribution in [3.05, 3.63) is 47.5 Å². The summed E-state index contributed by atoms with van der Waals surface area (Å²) in [7, 11) is 0. The molecule has 0 aliphatic rings. The topological polar surface area (TPSA) is 91.9 Å². The van der Waals surface area contributed by atoms with Gasteiger partial charge in [-0.2, -0.15) is 0 Å². The average Bonchev–Trinajstić information content (AvgIpc) is 2.27. The number of hydrogen-bond acceptors (Lipinski definition) is 3. The zero-order chi connectivity index (χ0) is 12.0. The van der Waals surface area contributed by atoms with Crippen LogP contribution in [0.3, 0.4) is 0 Å². The molecule has 0 amide bonds. The Labute approximate surface area is 129 Å². The molecule has 1 unspecified atom stereocenters. The van der Waals surface area contributed by atoms with Crippen molar-refractivity contribution < 1.29 is 50.0 Å². The van der Waals surface area contributed by atoms with E-state index in [0.717, 1.165) is 30.0 Å². The Bertz CT molecular complexity index is 390. The number of carboxylic acid groups (broad SMARTS) is 1. The fraction of sp³-hybridized carbons (Fsp3) is 0.308. The van der Waals surface area contributed by atoms with Crippen LogP contribution in [0.1, 0.15) is 30.6 Å². The van der Waals surface area contributed by atoms with Crippen LogP contribution in [0.4, 0.5) is 0 Å². The second kappa shape index (κ2) is 10.3. The Kier molecular flexibility index (Phi) is 11.3. The predicted octanol–water partition coefficient (Wildman–Crippen LogP) is -2.84. The minimum atomic E-state index is -1.30. The molecule has 0 saturated heterocycles. The van der Waals surface area contributed by atoms with Crippen molar-refractivity contribution >= 4 is 5.97 Å². The fourth-order valence-electron chi connectivity index (χ4n) is 1.59. The van der Waals surface area contributed by atoms with Crippen molar-refractivity contribution in [1.29, 1.82) is 0 Å². The number of aliphatic carboxylic acids is 1. The molecule has 0 fully saturated rings. The minimum Gasteiger partial charge on any atom is -0.545 e. The van der Waals surface area contributed by atoms with Crippen LogP contribution in [0, 0.1) is 0 Å². The number of aliphatic hydroxyl groups excluding tert-OH is 1. The average molecular weight is 260 g/mol. The molecule has 4 nitrogen and oxygen atoms in total. The summed E-state index contributed by atoms with van der Waals surface area (Å²) in [5.41, 5.74) is 1.79. The monoisotopic (exact) mass is 260 g/mol. The van der Waals surface area contributed by atoms with E-state index < -0.39 is 12.1 Å². The fourth-order valence-corrected chi connectivity index (χ4v) is 1.59. The van der Waals surface area contributed by atoms with E-state index in [1.54, 1.807) is 6.07 Å². The molecule has 5 heteroatoms. The summed E-state index contributed by atoms with van der Waals surface area (Å²) in [5.74, 6) is -1.30. The van der Waals surface area contributed by atoms with Gasteiger partial charge in [0.1, 0.15) is 0 Å². The molecule has 94 valence electrons. The van der Waals surface area contributed by atoms with E-state index in [2.05, 4.69) is 6.92 Å². The van der Waals surface area contributed by atoms with E-state index in [-0.39, 0.29) is 35.0 Å². The molecule has 0 spiro atoms. The molecule has 0 saturated carbocycles. The molecule has 0 radical (unpaired) electrons. The molecule has 0 bridgehead atoms. The second-order valence-electron chi connectivity index (χ2n) is 3.57. The van der Waals surface area contributed by atoms with Gasteiger partial charge in [-0.15, -0.1) is 0 Å². The van der Waals surface area contributed by atoms with Crippen LogP contribution in [-0.2, 0) is 11.2 Å². The third kappa shape index (κ3) is 6.33. The summed E-state index contributed by atoms with van der Waals surface area (Å²) < 4.78 is 0. The third-order valence-electron chi connectivity index (χ3n) is 2.31. The summed E-state index contributed by atoms with van der Waals surface area (Å²) in [4.78, 5) is 10.2. The smallest absolute Gasteiger partial charge is 0.545 e. The Hall–Kier alpha value is -0.650. The Morgan fingerprint density at radius 3 is 2.61 bits per heavy atom. The van der Waals surface area contributed by atoms with Gasteiger partial charge in [0.15, 0.2) is 0 Å². The molecule has 18 heavy (non-hydrogen) atoms. The van der Waals surface area contributed by atoms with E-state index in [0.29, 0.717) is 0 Å². The molecule has 0 aliphatic carbocycles. The predicted molar refractivity (Wildman–Crippen MR) is 63.2 cm³/mol. The molecular formula is C13H17NaO4. The summed E-state index contributed by atoms with van der Waals surface area (Å²) in [6.45, 7) is 2.06. The van der Waals surface area contributed by atoms with Gasteiger partial charge in [-0.25, -0.2) is 0 Å². The molecule has 1 rings (SSSR count). The number of carbonyl (C=O) groups is 1. The summed E-state index contributed by atoms with van der Waals surface area (Å²) in [6, 6.07) is 7.47. The maximum absolute atomic E-state index is 10.2. The maximum atomic E-state index is 10.2. The van der Waals surface area contributed by atoms with Gasteiger partial charge in [0, 0.05) is 0 Å². The number of benzene rings is 1. The number of hydrogen-bond donors (Lipinski definition) is 1. The standard InChI is InChI=1S/C13H16O3.Na.H2O/c1-2-5-10-6-3-4-7-11(10)12(14)8-9-13(15)16;;/h3-4,6-9,12,14H,2,5H2,1H3,(H,15,16);;1H2/q;+1;/p-1/b9-8+;;. The van der Waals surface area contributed by atoms with E-state index in [1.807, 2.05) is 18.2 Å². The van der Waals surface area contributed by atoms with Crippen LogP contribution < -0.4 is 34.7 Å². The Morgan fingerprint density at radius 1 is 1.44 bits per heavy atom. The van der Waals surface area contributed by atoms with Gasteiger partial charge < -0.3 is 20.5 Å². The molecule has 1 aromatic rings. The number of carbonyl (C=O) groups excluding carboxylic acids is 1. The second-order valence-corrected chi connectivity index (χ2v) is 3.57. The summed E-state index contributed by atoms with van der Waals surface area (Å²) in [6.07, 6.45) is 3.04. The van der Waals surface area contributed by atoms with E-state index in [9.17, 15) is 15.0 Å². The zero-order valence-electron chi connectivity index (χ0n) is 10.7. The number of aryl methyl sites for hydroxylation is 1. The molecule has 0 heterocycles. The van der Waals surface area contributed by atoms with Crippen LogP contribution in [0.15, 0.2) is 36.4 Å². The van der Waals surface area contributed by atoms with Crippen molar-refractivity contribution in [3.63, 3.8) is 0 Å². The van der Waals surface area contributed by atoms with Crippen molar-refractivity contribution in [2.45, 2.75) is 25.9 Å². The zero-order valence-corrected chi connectivity index (χ0v) is 12.7. The van der Waals surface area contributed by atoms with Crippen molar-refractivity contribution in [2.24, 2.45) is 0 Å². The first-order valence-electron chi connectivity index (χ1n) is 5.30. The first-order valence-corrected chi connectivity index (χ1v) is 5.30. The summed E-state index contributed by atoms with van der Waals surface area (Å²) in [5, 5.41) is 20.0. The van der Waals surface area contributed by atoms with Crippen LogP contribution in [-0.4, -0.2) is 16.6 Å². The SMILES string of the molecule is CCCc1ccccc1C(O)/C=C/C(=O)[O-].O.[Na+]. The largest absolute Gasteiger partial charge is 1.00 e. The Balaban J connectivity index is 0. The molecule has 3 N–H and O–H groups in total. The minimum absolute atomic E-state index is 0. The van der Waals surface area contributed by atoms with Gasteiger partial charge in [-0.05, 0) is 29.7 Å². The van der Waals surface area contributed by atoms with Crippen LogP contribution in [0.2, 0.25) is 0 Å². The summed E-state index contributed by atoms with van der Waals surface area (Å²) >= 11 is 0. The van der Waals surface area contributed by atoms with Crippen LogP contribution in [0.25, 0.3) is 0 Å². The van der Waals surface area contributed by atoms with E-state index in [4.69, 9.17) is 0 Å². The number of rotatable bonds is 5. The van der Waals surface area contributed by atoms with Gasteiger partial charge in [-0.3, -0.25) is 0 Å². The molecule has 1 atom stereocenters. The normalized spacial score (nSPS) is 11.4. The van der Waals surface area contributed by atoms with E-state index >= 15 is 0 Å². The van der Waals surface area contributed by atoms with Crippen molar-refractivity contribution in [1.82, 2.24) is 0 Å². The van der Waals surface area contributed by atoms with Crippen molar-refractivity contribution in [2.75, 3.05) is 0 Å². The van der Waals surface area contributed by atoms with Crippen LogP contribution in [0.5, 0.6) is 0 Å². The number of carboxylic acids is 1. The first-order chi connectivity index (χ1) is 7.65. The van der Waals surface area contributed by atoms with Gasteiger partial charge in [0.05, 0.1) is 12.1 Å². The molecule has 0 aliphatic heterocycles. The quantitative estimate of drug-likeness (QED) is 0.456. The number of aliphatic hydroxyl groups is 1.